The van der Waals surface area contributed by atoms with Gasteiger partial charge in [0.15, 0.2) is 0 Å². The summed E-state index contributed by atoms with van der Waals surface area (Å²) in [5, 5.41) is 3.36. The molecule has 2 rings (SSSR count). The number of hydrogen-bond acceptors (Lipinski definition) is 4. The van der Waals surface area contributed by atoms with Crippen molar-refractivity contribution >= 4 is 5.82 Å². The van der Waals surface area contributed by atoms with E-state index in [2.05, 4.69) is 22.2 Å². The first-order chi connectivity index (χ1) is 6.22. The summed E-state index contributed by atoms with van der Waals surface area (Å²) in [6.45, 7) is 4.82. The van der Waals surface area contributed by atoms with Crippen LogP contribution in [0.2, 0.25) is 0 Å². The molecule has 0 bridgehead atoms. The molecule has 1 aliphatic heterocycles. The lowest BCUT2D eigenvalue weighted by atomic mass is 10.1. The summed E-state index contributed by atoms with van der Waals surface area (Å²) in [6.07, 6.45) is 1.04. The summed E-state index contributed by atoms with van der Waals surface area (Å²) >= 11 is 0. The fourth-order valence-electron chi connectivity index (χ4n) is 1.77. The number of anilines is 1. The van der Waals surface area contributed by atoms with Crippen molar-refractivity contribution in [1.29, 1.82) is 0 Å². The Morgan fingerprint density at radius 3 is 3.00 bits per heavy atom. The Morgan fingerprint density at radius 2 is 2.31 bits per heavy atom. The summed E-state index contributed by atoms with van der Waals surface area (Å²) in [6, 6.07) is 0.360. The second-order valence-corrected chi connectivity index (χ2v) is 3.36. The van der Waals surface area contributed by atoms with E-state index in [0.29, 0.717) is 11.9 Å². The maximum Gasteiger partial charge on any atom is 0.131 e. The Hall–Kier alpha value is -1.16. The first kappa shape index (κ1) is 8.44. The fraction of sp³-hybridized carbons (Fsp3) is 0.556. The molecule has 0 aliphatic carbocycles. The van der Waals surface area contributed by atoms with E-state index in [1.807, 2.05) is 6.92 Å². The van der Waals surface area contributed by atoms with E-state index in [0.717, 1.165) is 30.0 Å². The second kappa shape index (κ2) is 2.96. The van der Waals surface area contributed by atoms with Crippen molar-refractivity contribution in [1.82, 2.24) is 15.3 Å². The lowest BCUT2D eigenvalue weighted by molar-refractivity contribution is 0.557. The maximum absolute atomic E-state index is 5.80. The smallest absolute Gasteiger partial charge is 0.131 e. The average Bonchev–Trinajstić information content (AvgIpc) is 2.47. The van der Waals surface area contributed by atoms with Crippen molar-refractivity contribution < 1.29 is 0 Å². The molecule has 4 nitrogen and oxygen atoms in total. The normalized spacial score (nSPS) is 20.3. The van der Waals surface area contributed by atoms with Crippen molar-refractivity contribution in [2.45, 2.75) is 32.9 Å². The zero-order valence-corrected chi connectivity index (χ0v) is 7.96. The fourth-order valence-corrected chi connectivity index (χ4v) is 1.77. The Kier molecular flexibility index (Phi) is 1.92. The summed E-state index contributed by atoms with van der Waals surface area (Å²) in [5.74, 6) is 1.39. The minimum Gasteiger partial charge on any atom is -0.383 e. The van der Waals surface area contributed by atoms with Crippen LogP contribution in [-0.4, -0.2) is 9.97 Å². The van der Waals surface area contributed by atoms with Crippen LogP contribution in [0, 0.1) is 6.92 Å². The molecule has 0 saturated carbocycles. The van der Waals surface area contributed by atoms with Gasteiger partial charge in [-0.2, -0.15) is 0 Å². The number of nitrogens with two attached hydrogens (primary N) is 1. The minimum atomic E-state index is 0.360. The van der Waals surface area contributed by atoms with Crippen LogP contribution in [0.15, 0.2) is 0 Å². The van der Waals surface area contributed by atoms with Crippen molar-refractivity contribution in [2.75, 3.05) is 5.73 Å². The number of aryl methyl sites for hydroxylation is 1. The van der Waals surface area contributed by atoms with Crippen LogP contribution in [0.5, 0.6) is 0 Å². The molecule has 1 aromatic rings. The SMILES string of the molecule is CCC1NCc2c(N)nc(C)nc21. The van der Waals surface area contributed by atoms with Crippen molar-refractivity contribution in [2.24, 2.45) is 0 Å². The number of hydrogen-bond donors (Lipinski definition) is 2. The van der Waals surface area contributed by atoms with E-state index in [4.69, 9.17) is 5.73 Å². The van der Waals surface area contributed by atoms with Crippen LogP contribution in [0.25, 0.3) is 0 Å². The largest absolute Gasteiger partial charge is 0.383 e. The summed E-state index contributed by atoms with van der Waals surface area (Å²) in [7, 11) is 0. The Labute approximate surface area is 77.6 Å². The van der Waals surface area contributed by atoms with E-state index >= 15 is 0 Å². The highest BCUT2D eigenvalue weighted by atomic mass is 15.0. The number of nitrogens with zero attached hydrogens (tertiary/aromatic N) is 2. The van der Waals surface area contributed by atoms with Gasteiger partial charge < -0.3 is 11.1 Å². The predicted octanol–water partition coefficient (Wildman–Crippen LogP) is 0.922. The first-order valence-corrected chi connectivity index (χ1v) is 4.58. The molecule has 0 aromatic carbocycles. The topological polar surface area (TPSA) is 63.8 Å². The van der Waals surface area contributed by atoms with Crippen LogP contribution < -0.4 is 11.1 Å². The van der Waals surface area contributed by atoms with Gasteiger partial charge in [0.25, 0.3) is 0 Å². The van der Waals surface area contributed by atoms with Gasteiger partial charge in [0, 0.05) is 12.1 Å². The van der Waals surface area contributed by atoms with E-state index in [-0.39, 0.29) is 0 Å². The quantitative estimate of drug-likeness (QED) is 0.671. The second-order valence-electron chi connectivity index (χ2n) is 3.36. The summed E-state index contributed by atoms with van der Waals surface area (Å²) in [4.78, 5) is 8.55. The number of aromatic nitrogens is 2. The van der Waals surface area contributed by atoms with Gasteiger partial charge in [0.05, 0.1) is 11.7 Å². The highest BCUT2D eigenvalue weighted by Gasteiger charge is 2.24. The highest BCUT2D eigenvalue weighted by Crippen LogP contribution is 2.28. The van der Waals surface area contributed by atoms with Crippen molar-refractivity contribution in [3.05, 3.63) is 17.1 Å². The standard InChI is InChI=1S/C9H14N4/c1-3-7-8-6(4-11-7)9(10)13-5(2)12-8/h7,11H,3-4H2,1-2H3,(H2,10,12,13). The first-order valence-electron chi connectivity index (χ1n) is 4.58. The number of nitrogens with one attached hydrogen (secondary N) is 1. The third kappa shape index (κ3) is 1.27. The number of rotatable bonds is 1. The predicted molar refractivity (Wildman–Crippen MR) is 51.1 cm³/mol. The van der Waals surface area contributed by atoms with E-state index in [9.17, 15) is 0 Å². The van der Waals surface area contributed by atoms with Crippen LogP contribution in [-0.2, 0) is 6.54 Å². The lowest BCUT2D eigenvalue weighted by Crippen LogP contribution is -2.11. The zero-order valence-electron chi connectivity index (χ0n) is 7.96. The zero-order chi connectivity index (χ0) is 9.42. The van der Waals surface area contributed by atoms with Crippen LogP contribution in [0.1, 0.15) is 36.5 Å². The molecule has 0 spiro atoms. The lowest BCUT2D eigenvalue weighted by Gasteiger charge is -2.08. The monoisotopic (exact) mass is 178 g/mol. The van der Waals surface area contributed by atoms with Crippen molar-refractivity contribution in [3.63, 3.8) is 0 Å². The third-order valence-electron chi connectivity index (χ3n) is 2.45. The molecule has 0 radical (unpaired) electrons. The van der Waals surface area contributed by atoms with Crippen LogP contribution in [0.3, 0.4) is 0 Å². The number of fused-ring (bicyclic) bond motifs is 1. The van der Waals surface area contributed by atoms with Crippen LogP contribution in [0.4, 0.5) is 5.82 Å². The van der Waals surface area contributed by atoms with Crippen molar-refractivity contribution in [3.8, 4) is 0 Å². The highest BCUT2D eigenvalue weighted by molar-refractivity contribution is 5.45. The molecule has 0 amide bonds. The van der Waals surface area contributed by atoms with E-state index < -0.39 is 0 Å². The molecule has 1 atom stereocenters. The molecule has 0 saturated heterocycles. The molecule has 3 N–H and O–H groups in total. The molecule has 1 aromatic heterocycles. The van der Waals surface area contributed by atoms with Crippen LogP contribution >= 0.6 is 0 Å². The molecule has 0 fully saturated rings. The summed E-state index contributed by atoms with van der Waals surface area (Å²) in [5.41, 5.74) is 7.97. The van der Waals surface area contributed by atoms with E-state index in [1.165, 1.54) is 0 Å². The molecule has 13 heavy (non-hydrogen) atoms. The average molecular weight is 178 g/mol. The van der Waals surface area contributed by atoms with Gasteiger partial charge in [-0.3, -0.25) is 0 Å². The molecular formula is C9H14N4. The molecule has 1 aliphatic rings. The van der Waals surface area contributed by atoms with Gasteiger partial charge in [0.1, 0.15) is 11.6 Å². The van der Waals surface area contributed by atoms with Gasteiger partial charge in [-0.05, 0) is 13.3 Å². The minimum absolute atomic E-state index is 0.360. The van der Waals surface area contributed by atoms with E-state index in [1.54, 1.807) is 0 Å². The summed E-state index contributed by atoms with van der Waals surface area (Å²) < 4.78 is 0. The Balaban J connectivity index is 2.51. The van der Waals surface area contributed by atoms with Gasteiger partial charge in [0.2, 0.25) is 0 Å². The third-order valence-corrected chi connectivity index (χ3v) is 2.45. The molecule has 4 heteroatoms. The maximum atomic E-state index is 5.80. The van der Waals surface area contributed by atoms with Gasteiger partial charge >= 0.3 is 0 Å². The molecule has 70 valence electrons. The van der Waals surface area contributed by atoms with Gasteiger partial charge in [-0.25, -0.2) is 9.97 Å². The molecule has 2 heterocycles. The number of nitrogen functional groups attached to an aromatic ring is 1. The molecular weight excluding hydrogens is 164 g/mol. The Morgan fingerprint density at radius 1 is 1.54 bits per heavy atom. The van der Waals surface area contributed by atoms with Gasteiger partial charge in [-0.15, -0.1) is 0 Å². The Bertz CT molecular complexity index is 335. The van der Waals surface area contributed by atoms with Gasteiger partial charge in [-0.1, -0.05) is 6.92 Å². The molecule has 1 unspecified atom stereocenters.